The summed E-state index contributed by atoms with van der Waals surface area (Å²) in [7, 11) is 0. The molecular weight excluding hydrogens is 164 g/mol. The molecular formula is C11H20O2. The normalized spacial score (nSPS) is 34.5. The van der Waals surface area contributed by atoms with Gasteiger partial charge in [0.25, 0.3) is 0 Å². The Balaban J connectivity index is 2.58. The third-order valence-electron chi connectivity index (χ3n) is 3.32. The minimum absolute atomic E-state index is 0.172. The van der Waals surface area contributed by atoms with Gasteiger partial charge in [-0.3, -0.25) is 0 Å². The summed E-state index contributed by atoms with van der Waals surface area (Å²) < 4.78 is 5.41. The van der Waals surface area contributed by atoms with Crippen molar-refractivity contribution >= 4 is 6.29 Å². The lowest BCUT2D eigenvalue weighted by Crippen LogP contribution is -2.38. The van der Waals surface area contributed by atoms with E-state index in [0.717, 1.165) is 12.7 Å². The van der Waals surface area contributed by atoms with Crippen molar-refractivity contribution in [2.45, 2.75) is 39.5 Å². The van der Waals surface area contributed by atoms with Gasteiger partial charge in [-0.15, -0.1) is 0 Å². The molecule has 0 N–H and O–H groups in total. The van der Waals surface area contributed by atoms with Crippen molar-refractivity contribution in [1.29, 1.82) is 0 Å². The van der Waals surface area contributed by atoms with E-state index < -0.39 is 0 Å². The van der Waals surface area contributed by atoms with Gasteiger partial charge in [0, 0.05) is 6.61 Å². The first-order valence-electron chi connectivity index (χ1n) is 5.29. The third kappa shape index (κ3) is 2.31. The molecule has 2 unspecified atom stereocenters. The lowest BCUT2D eigenvalue weighted by atomic mass is 9.68. The highest BCUT2D eigenvalue weighted by Crippen LogP contribution is 2.39. The largest absolute Gasteiger partial charge is 0.381 e. The zero-order valence-electron chi connectivity index (χ0n) is 8.71. The molecule has 0 bridgehead atoms. The van der Waals surface area contributed by atoms with Gasteiger partial charge in [0.15, 0.2) is 0 Å². The average Bonchev–Trinajstić information content (AvgIpc) is 2.17. The molecule has 1 fully saturated rings. The van der Waals surface area contributed by atoms with Crippen LogP contribution in [0.3, 0.4) is 0 Å². The maximum Gasteiger partial charge on any atom is 0.128 e. The summed E-state index contributed by atoms with van der Waals surface area (Å²) in [4.78, 5) is 11.1. The van der Waals surface area contributed by atoms with E-state index in [2.05, 4.69) is 6.92 Å². The van der Waals surface area contributed by atoms with Crippen LogP contribution in [0.25, 0.3) is 0 Å². The molecule has 1 aliphatic carbocycles. The zero-order chi connectivity index (χ0) is 9.73. The maximum atomic E-state index is 11.1. The lowest BCUT2D eigenvalue weighted by Gasteiger charge is -2.37. The maximum absolute atomic E-state index is 11.1. The van der Waals surface area contributed by atoms with E-state index >= 15 is 0 Å². The Labute approximate surface area is 80.7 Å². The molecule has 0 saturated heterocycles. The highest BCUT2D eigenvalue weighted by molar-refractivity contribution is 5.60. The average molecular weight is 184 g/mol. The highest BCUT2D eigenvalue weighted by atomic mass is 16.5. The Morgan fingerprint density at radius 3 is 2.85 bits per heavy atom. The number of carbonyl (C=O) groups excluding carboxylic acids is 1. The minimum atomic E-state index is -0.172. The summed E-state index contributed by atoms with van der Waals surface area (Å²) in [6.45, 7) is 5.48. The summed E-state index contributed by atoms with van der Waals surface area (Å²) >= 11 is 0. The molecule has 13 heavy (non-hydrogen) atoms. The third-order valence-corrected chi connectivity index (χ3v) is 3.32. The van der Waals surface area contributed by atoms with Gasteiger partial charge in [-0.1, -0.05) is 19.8 Å². The van der Waals surface area contributed by atoms with Gasteiger partial charge in [0.2, 0.25) is 0 Å². The van der Waals surface area contributed by atoms with Crippen LogP contribution in [-0.4, -0.2) is 19.5 Å². The topological polar surface area (TPSA) is 26.3 Å². The second-order valence-corrected chi connectivity index (χ2v) is 4.13. The molecule has 0 aliphatic heterocycles. The van der Waals surface area contributed by atoms with Crippen molar-refractivity contribution in [3.8, 4) is 0 Å². The smallest absolute Gasteiger partial charge is 0.128 e. The Morgan fingerprint density at radius 1 is 1.54 bits per heavy atom. The van der Waals surface area contributed by atoms with Crippen molar-refractivity contribution in [2.24, 2.45) is 11.3 Å². The van der Waals surface area contributed by atoms with Crippen LogP contribution >= 0.6 is 0 Å². The van der Waals surface area contributed by atoms with Gasteiger partial charge in [-0.2, -0.15) is 0 Å². The van der Waals surface area contributed by atoms with Crippen molar-refractivity contribution in [1.82, 2.24) is 0 Å². The quantitative estimate of drug-likeness (QED) is 0.627. The number of hydrogen-bond acceptors (Lipinski definition) is 2. The van der Waals surface area contributed by atoms with E-state index in [9.17, 15) is 4.79 Å². The monoisotopic (exact) mass is 184 g/mol. The molecule has 0 aromatic heterocycles. The predicted molar refractivity (Wildman–Crippen MR) is 52.6 cm³/mol. The lowest BCUT2D eigenvalue weighted by molar-refractivity contribution is -0.125. The molecule has 0 aromatic carbocycles. The number of hydrogen-bond donors (Lipinski definition) is 0. The van der Waals surface area contributed by atoms with Gasteiger partial charge < -0.3 is 9.53 Å². The second kappa shape index (κ2) is 4.75. The van der Waals surface area contributed by atoms with Gasteiger partial charge >= 0.3 is 0 Å². The summed E-state index contributed by atoms with van der Waals surface area (Å²) in [6, 6.07) is 0. The predicted octanol–water partition coefficient (Wildman–Crippen LogP) is 2.42. The fourth-order valence-electron chi connectivity index (χ4n) is 2.15. The minimum Gasteiger partial charge on any atom is -0.381 e. The van der Waals surface area contributed by atoms with Gasteiger partial charge in [0.1, 0.15) is 6.29 Å². The van der Waals surface area contributed by atoms with E-state index in [0.29, 0.717) is 19.1 Å². The first kappa shape index (κ1) is 10.7. The summed E-state index contributed by atoms with van der Waals surface area (Å²) in [5.74, 6) is 0.491. The fraction of sp³-hybridized carbons (Fsp3) is 0.909. The van der Waals surface area contributed by atoms with Gasteiger partial charge in [0.05, 0.1) is 12.0 Å². The molecule has 1 rings (SSSR count). The molecule has 2 atom stereocenters. The zero-order valence-corrected chi connectivity index (χ0v) is 8.71. The standard InChI is InChI=1S/C11H20O2/c1-3-13-9-11(8-12)7-5-4-6-10(11)2/h8,10H,3-7,9H2,1-2H3. The van der Waals surface area contributed by atoms with E-state index in [1.54, 1.807) is 0 Å². The molecule has 0 aromatic rings. The van der Waals surface area contributed by atoms with Crippen molar-refractivity contribution in [2.75, 3.05) is 13.2 Å². The second-order valence-electron chi connectivity index (χ2n) is 4.13. The number of rotatable bonds is 4. The molecule has 0 amide bonds. The number of ether oxygens (including phenoxy) is 1. The van der Waals surface area contributed by atoms with Crippen LogP contribution in [0, 0.1) is 11.3 Å². The first-order valence-corrected chi connectivity index (χ1v) is 5.29. The molecule has 1 aliphatic rings. The van der Waals surface area contributed by atoms with E-state index in [1.807, 2.05) is 6.92 Å². The van der Waals surface area contributed by atoms with Gasteiger partial charge in [-0.05, 0) is 25.7 Å². The van der Waals surface area contributed by atoms with Crippen LogP contribution < -0.4 is 0 Å². The Bertz CT molecular complexity index is 167. The summed E-state index contributed by atoms with van der Waals surface area (Å²) in [5.41, 5.74) is -0.172. The highest BCUT2D eigenvalue weighted by Gasteiger charge is 2.38. The van der Waals surface area contributed by atoms with Crippen molar-refractivity contribution < 1.29 is 9.53 Å². The Morgan fingerprint density at radius 2 is 2.31 bits per heavy atom. The van der Waals surface area contributed by atoms with Crippen LogP contribution in [0.4, 0.5) is 0 Å². The molecule has 0 spiro atoms. The number of carbonyl (C=O) groups is 1. The van der Waals surface area contributed by atoms with Crippen molar-refractivity contribution in [3.05, 3.63) is 0 Å². The Kier molecular flexibility index (Phi) is 3.91. The van der Waals surface area contributed by atoms with Gasteiger partial charge in [-0.25, -0.2) is 0 Å². The molecule has 0 heterocycles. The van der Waals surface area contributed by atoms with E-state index in [1.165, 1.54) is 19.3 Å². The molecule has 76 valence electrons. The number of aldehydes is 1. The Hall–Kier alpha value is -0.370. The van der Waals surface area contributed by atoms with Crippen LogP contribution in [0.5, 0.6) is 0 Å². The van der Waals surface area contributed by atoms with Crippen LogP contribution in [-0.2, 0) is 9.53 Å². The van der Waals surface area contributed by atoms with Crippen LogP contribution in [0.2, 0.25) is 0 Å². The van der Waals surface area contributed by atoms with Crippen LogP contribution in [0.15, 0.2) is 0 Å². The summed E-state index contributed by atoms with van der Waals surface area (Å²) in [5, 5.41) is 0. The SMILES string of the molecule is CCOCC1(C=O)CCCCC1C. The van der Waals surface area contributed by atoms with E-state index in [4.69, 9.17) is 4.74 Å². The first-order chi connectivity index (χ1) is 6.25. The molecule has 0 radical (unpaired) electrons. The summed E-state index contributed by atoms with van der Waals surface area (Å²) in [6.07, 6.45) is 5.76. The fourth-order valence-corrected chi connectivity index (χ4v) is 2.15. The van der Waals surface area contributed by atoms with Crippen LogP contribution in [0.1, 0.15) is 39.5 Å². The van der Waals surface area contributed by atoms with Crippen molar-refractivity contribution in [3.63, 3.8) is 0 Å². The molecule has 2 nitrogen and oxygen atoms in total. The molecule has 1 saturated carbocycles. The molecule has 2 heteroatoms. The van der Waals surface area contributed by atoms with E-state index in [-0.39, 0.29) is 5.41 Å².